The van der Waals surface area contributed by atoms with Gasteiger partial charge in [-0.25, -0.2) is 8.42 Å². The molecule has 1 heterocycles. The molecule has 0 aromatic heterocycles. The molecule has 1 aliphatic heterocycles. The molecule has 0 unspecified atom stereocenters. The number of benzene rings is 1. The van der Waals surface area contributed by atoms with Crippen molar-refractivity contribution in [2.24, 2.45) is 0 Å². The van der Waals surface area contributed by atoms with E-state index in [2.05, 4.69) is 24.1 Å². The van der Waals surface area contributed by atoms with E-state index in [0.717, 1.165) is 45.2 Å². The fraction of sp³-hybridized carbons (Fsp3) is 0.632. The zero-order chi connectivity index (χ0) is 19.9. The Morgan fingerprint density at radius 2 is 1.78 bits per heavy atom. The van der Waals surface area contributed by atoms with Crippen LogP contribution in [-0.4, -0.2) is 56.3 Å². The second kappa shape index (κ2) is 10.4. The minimum Gasteiger partial charge on any atom is -0.325 e. The Balaban J connectivity index is 2.13. The van der Waals surface area contributed by atoms with Gasteiger partial charge in [-0.1, -0.05) is 31.9 Å². The van der Waals surface area contributed by atoms with Gasteiger partial charge >= 0.3 is 0 Å². The number of amides is 1. The topological polar surface area (TPSA) is 69.7 Å². The normalized spacial score (nSPS) is 15.9. The van der Waals surface area contributed by atoms with E-state index in [0.29, 0.717) is 25.3 Å². The zero-order valence-electron chi connectivity index (χ0n) is 16.2. The van der Waals surface area contributed by atoms with E-state index in [-0.39, 0.29) is 15.8 Å². The fourth-order valence-corrected chi connectivity index (χ4v) is 5.35. The summed E-state index contributed by atoms with van der Waals surface area (Å²) < 4.78 is 27.3. The molecule has 1 N–H and O–H groups in total. The first kappa shape index (κ1) is 22.1. The van der Waals surface area contributed by atoms with E-state index in [4.69, 9.17) is 11.6 Å². The highest BCUT2D eigenvalue weighted by Crippen LogP contribution is 2.29. The third-order valence-electron chi connectivity index (χ3n) is 4.59. The maximum absolute atomic E-state index is 12.9. The van der Waals surface area contributed by atoms with Gasteiger partial charge in [-0.3, -0.25) is 9.69 Å². The van der Waals surface area contributed by atoms with Gasteiger partial charge < -0.3 is 5.32 Å². The van der Waals surface area contributed by atoms with E-state index < -0.39 is 10.0 Å². The van der Waals surface area contributed by atoms with Gasteiger partial charge in [0.2, 0.25) is 15.9 Å². The van der Waals surface area contributed by atoms with E-state index in [1.54, 1.807) is 6.07 Å². The minimum atomic E-state index is -3.65. The Morgan fingerprint density at radius 3 is 2.37 bits per heavy atom. The first-order valence-electron chi connectivity index (χ1n) is 9.70. The average Bonchev–Trinajstić information content (AvgIpc) is 2.64. The lowest BCUT2D eigenvalue weighted by molar-refractivity contribution is -0.117. The Labute approximate surface area is 167 Å². The zero-order valence-corrected chi connectivity index (χ0v) is 17.8. The third-order valence-corrected chi connectivity index (χ3v) is 6.97. The van der Waals surface area contributed by atoms with Crippen LogP contribution in [0.1, 0.15) is 46.0 Å². The number of hydrogen-bond donors (Lipinski definition) is 1. The quantitative estimate of drug-likeness (QED) is 0.669. The highest BCUT2D eigenvalue weighted by molar-refractivity contribution is 7.89. The van der Waals surface area contributed by atoms with Crippen molar-refractivity contribution < 1.29 is 13.2 Å². The molecule has 1 saturated heterocycles. The molecule has 1 fully saturated rings. The SMILES string of the molecule is CCCN(CCC)CC(=O)Nc1ccc(Cl)c(S(=O)(=O)N2CCCCC2)c1. The van der Waals surface area contributed by atoms with Crippen molar-refractivity contribution in [3.8, 4) is 0 Å². The lowest BCUT2D eigenvalue weighted by atomic mass is 10.2. The van der Waals surface area contributed by atoms with Gasteiger partial charge in [0, 0.05) is 18.8 Å². The predicted molar refractivity (Wildman–Crippen MR) is 110 cm³/mol. The van der Waals surface area contributed by atoms with Crippen molar-refractivity contribution in [3.05, 3.63) is 23.2 Å². The second-order valence-electron chi connectivity index (χ2n) is 6.93. The molecule has 1 aromatic rings. The maximum Gasteiger partial charge on any atom is 0.244 e. The van der Waals surface area contributed by atoms with Crippen molar-refractivity contribution in [2.45, 2.75) is 50.8 Å². The van der Waals surface area contributed by atoms with Gasteiger partial charge in [0.25, 0.3) is 0 Å². The smallest absolute Gasteiger partial charge is 0.244 e. The number of anilines is 1. The number of carbonyl (C=O) groups excluding carboxylic acids is 1. The highest BCUT2D eigenvalue weighted by Gasteiger charge is 2.28. The Hall–Kier alpha value is -1.15. The number of hydrogen-bond acceptors (Lipinski definition) is 4. The number of piperidine rings is 1. The Morgan fingerprint density at radius 1 is 1.15 bits per heavy atom. The standard InChI is InChI=1S/C19H30ClN3O3S/c1-3-10-22(11-4-2)15-19(24)21-16-8-9-17(20)18(14-16)27(25,26)23-12-6-5-7-13-23/h8-9,14H,3-7,10-13,15H2,1-2H3,(H,21,24). The van der Waals surface area contributed by atoms with Crippen molar-refractivity contribution >= 4 is 33.2 Å². The summed E-state index contributed by atoms with van der Waals surface area (Å²) in [6, 6.07) is 4.64. The van der Waals surface area contributed by atoms with Crippen LogP contribution >= 0.6 is 11.6 Å². The Bertz CT molecular complexity index is 728. The van der Waals surface area contributed by atoms with Crippen molar-refractivity contribution in [1.82, 2.24) is 9.21 Å². The summed E-state index contributed by atoms with van der Waals surface area (Å²) in [6.07, 6.45) is 4.72. The summed E-state index contributed by atoms with van der Waals surface area (Å²) in [4.78, 5) is 14.5. The molecule has 27 heavy (non-hydrogen) atoms. The molecule has 0 aliphatic carbocycles. The molecule has 1 amide bonds. The summed E-state index contributed by atoms with van der Waals surface area (Å²) in [5.74, 6) is -0.152. The Kier molecular flexibility index (Phi) is 8.54. The van der Waals surface area contributed by atoms with E-state index in [1.807, 2.05) is 0 Å². The summed E-state index contributed by atoms with van der Waals surface area (Å²) in [6.45, 7) is 7.19. The molecule has 0 atom stereocenters. The molecule has 0 radical (unpaired) electrons. The lowest BCUT2D eigenvalue weighted by Gasteiger charge is -2.26. The summed E-state index contributed by atoms with van der Waals surface area (Å²) in [5, 5.41) is 2.99. The van der Waals surface area contributed by atoms with E-state index >= 15 is 0 Å². The van der Waals surface area contributed by atoms with Crippen molar-refractivity contribution in [3.63, 3.8) is 0 Å². The average molecular weight is 416 g/mol. The molecule has 6 nitrogen and oxygen atoms in total. The predicted octanol–water partition coefficient (Wildman–Crippen LogP) is 3.58. The lowest BCUT2D eigenvalue weighted by Crippen LogP contribution is -2.36. The molecule has 2 rings (SSSR count). The number of nitrogens with zero attached hydrogens (tertiary/aromatic N) is 2. The molecular weight excluding hydrogens is 386 g/mol. The van der Waals surface area contributed by atoms with Crippen molar-refractivity contribution in [2.75, 3.05) is 38.0 Å². The largest absolute Gasteiger partial charge is 0.325 e. The van der Waals surface area contributed by atoms with Crippen LogP contribution in [0.5, 0.6) is 0 Å². The van der Waals surface area contributed by atoms with Gasteiger partial charge in [0.1, 0.15) is 4.90 Å². The number of halogens is 1. The van der Waals surface area contributed by atoms with Crippen LogP contribution in [0.25, 0.3) is 0 Å². The molecule has 0 saturated carbocycles. The van der Waals surface area contributed by atoms with Gasteiger partial charge in [-0.2, -0.15) is 4.31 Å². The monoisotopic (exact) mass is 415 g/mol. The minimum absolute atomic E-state index is 0.0582. The van der Waals surface area contributed by atoms with Crippen LogP contribution in [0.2, 0.25) is 5.02 Å². The first-order valence-corrected chi connectivity index (χ1v) is 11.5. The van der Waals surface area contributed by atoms with Crippen LogP contribution in [-0.2, 0) is 14.8 Å². The maximum atomic E-state index is 12.9. The molecule has 1 aliphatic rings. The molecular formula is C19H30ClN3O3S. The van der Waals surface area contributed by atoms with Gasteiger partial charge in [0.05, 0.1) is 11.6 Å². The number of rotatable bonds is 9. The van der Waals surface area contributed by atoms with Gasteiger partial charge in [-0.05, 0) is 57.0 Å². The van der Waals surface area contributed by atoms with Crippen LogP contribution in [0, 0.1) is 0 Å². The van der Waals surface area contributed by atoms with Crippen LogP contribution in [0.3, 0.4) is 0 Å². The second-order valence-corrected chi connectivity index (χ2v) is 9.25. The van der Waals surface area contributed by atoms with Crippen LogP contribution < -0.4 is 5.32 Å². The van der Waals surface area contributed by atoms with E-state index in [1.165, 1.54) is 16.4 Å². The molecule has 0 bridgehead atoms. The molecule has 152 valence electrons. The van der Waals surface area contributed by atoms with Gasteiger partial charge in [0.15, 0.2) is 0 Å². The summed E-state index contributed by atoms with van der Waals surface area (Å²) in [5.41, 5.74) is 0.452. The number of carbonyl (C=O) groups is 1. The fourth-order valence-electron chi connectivity index (χ4n) is 3.33. The number of nitrogens with one attached hydrogen (secondary N) is 1. The first-order chi connectivity index (χ1) is 12.9. The highest BCUT2D eigenvalue weighted by atomic mass is 35.5. The molecule has 0 spiro atoms. The summed E-state index contributed by atoms with van der Waals surface area (Å²) in [7, 11) is -3.65. The molecule has 8 heteroatoms. The van der Waals surface area contributed by atoms with Crippen LogP contribution in [0.4, 0.5) is 5.69 Å². The van der Waals surface area contributed by atoms with Gasteiger partial charge in [-0.15, -0.1) is 0 Å². The summed E-state index contributed by atoms with van der Waals surface area (Å²) >= 11 is 6.18. The van der Waals surface area contributed by atoms with Crippen LogP contribution in [0.15, 0.2) is 23.1 Å². The van der Waals surface area contributed by atoms with E-state index in [9.17, 15) is 13.2 Å². The number of sulfonamides is 1. The van der Waals surface area contributed by atoms with Crippen molar-refractivity contribution in [1.29, 1.82) is 0 Å². The third kappa shape index (κ3) is 6.17. The molecule has 1 aromatic carbocycles.